The number of nitrogens with zero attached hydrogens (tertiary/aromatic N) is 2. The molecule has 0 aliphatic heterocycles. The highest BCUT2D eigenvalue weighted by molar-refractivity contribution is 5.34. The number of aliphatic hydroxyl groups excluding tert-OH is 1. The lowest BCUT2D eigenvalue weighted by Gasteiger charge is -2.12. The highest BCUT2D eigenvalue weighted by Gasteiger charge is 2.10. The quantitative estimate of drug-likeness (QED) is 0.885. The van der Waals surface area contributed by atoms with Crippen LogP contribution in [-0.4, -0.2) is 16.2 Å². The molecule has 0 radical (unpaired) electrons. The lowest BCUT2D eigenvalue weighted by atomic mass is 10.1. The molecule has 1 atom stereocenters. The van der Waals surface area contributed by atoms with Gasteiger partial charge in [-0.1, -0.05) is 29.8 Å². The summed E-state index contributed by atoms with van der Waals surface area (Å²) >= 11 is 0. The molecule has 1 aromatic heterocycles. The van der Waals surface area contributed by atoms with Crippen LogP contribution in [0.5, 0.6) is 0 Å². The molecule has 1 heterocycles. The van der Waals surface area contributed by atoms with Gasteiger partial charge in [-0.25, -0.2) is 0 Å². The molecule has 1 unspecified atom stereocenters. The number of aryl methyl sites for hydroxylation is 1. The number of aromatic nitrogens is 1. The standard InChI is InChI=1S/C17H21N3O/c1-12-4-6-14(7-5-12)17(21)11-19-10-15-8-16(9-18)20(3)13(15)2/h4-8,17,19,21H,10-11H2,1-3H3. The van der Waals surface area contributed by atoms with Gasteiger partial charge in [0.2, 0.25) is 0 Å². The van der Waals surface area contributed by atoms with Gasteiger partial charge in [0.05, 0.1) is 6.10 Å². The second-order valence-electron chi connectivity index (χ2n) is 5.37. The summed E-state index contributed by atoms with van der Waals surface area (Å²) in [6.07, 6.45) is -0.523. The van der Waals surface area contributed by atoms with E-state index < -0.39 is 6.10 Å². The fourth-order valence-corrected chi connectivity index (χ4v) is 2.30. The smallest absolute Gasteiger partial charge is 0.120 e. The van der Waals surface area contributed by atoms with Crippen LogP contribution >= 0.6 is 0 Å². The van der Waals surface area contributed by atoms with Crippen LogP contribution in [0.4, 0.5) is 0 Å². The van der Waals surface area contributed by atoms with E-state index in [4.69, 9.17) is 5.26 Å². The second-order valence-corrected chi connectivity index (χ2v) is 5.37. The summed E-state index contributed by atoms with van der Waals surface area (Å²) in [5.74, 6) is 0. The van der Waals surface area contributed by atoms with Crippen LogP contribution in [0.1, 0.15) is 34.2 Å². The molecule has 0 saturated carbocycles. The van der Waals surface area contributed by atoms with Gasteiger partial charge in [-0.3, -0.25) is 0 Å². The monoisotopic (exact) mass is 283 g/mol. The average molecular weight is 283 g/mol. The van der Waals surface area contributed by atoms with Crippen molar-refractivity contribution in [3.8, 4) is 6.07 Å². The van der Waals surface area contributed by atoms with E-state index in [1.54, 1.807) is 0 Å². The maximum Gasteiger partial charge on any atom is 0.120 e. The third kappa shape index (κ3) is 3.52. The average Bonchev–Trinajstić information content (AvgIpc) is 2.75. The van der Waals surface area contributed by atoms with Gasteiger partial charge >= 0.3 is 0 Å². The molecule has 2 N–H and O–H groups in total. The molecule has 0 fully saturated rings. The molecular formula is C17H21N3O. The number of hydrogen-bond acceptors (Lipinski definition) is 3. The van der Waals surface area contributed by atoms with Crippen molar-refractivity contribution < 1.29 is 5.11 Å². The number of rotatable bonds is 5. The van der Waals surface area contributed by atoms with Crippen LogP contribution in [0.2, 0.25) is 0 Å². The second kappa shape index (κ2) is 6.57. The summed E-state index contributed by atoms with van der Waals surface area (Å²) in [5, 5.41) is 22.4. The van der Waals surface area contributed by atoms with Gasteiger partial charge in [0.25, 0.3) is 0 Å². The van der Waals surface area contributed by atoms with E-state index in [9.17, 15) is 5.11 Å². The molecule has 2 rings (SSSR count). The van der Waals surface area contributed by atoms with E-state index in [-0.39, 0.29) is 0 Å². The number of aliphatic hydroxyl groups is 1. The van der Waals surface area contributed by atoms with Crippen molar-refractivity contribution in [2.45, 2.75) is 26.5 Å². The van der Waals surface area contributed by atoms with Gasteiger partial charge in [-0.05, 0) is 31.0 Å². The first-order chi connectivity index (χ1) is 10.0. The van der Waals surface area contributed by atoms with E-state index in [2.05, 4.69) is 11.4 Å². The first kappa shape index (κ1) is 15.3. The van der Waals surface area contributed by atoms with Crippen LogP contribution in [0.15, 0.2) is 30.3 Å². The summed E-state index contributed by atoms with van der Waals surface area (Å²) in [6.45, 7) is 5.15. The van der Waals surface area contributed by atoms with E-state index in [0.29, 0.717) is 18.8 Å². The Kier molecular flexibility index (Phi) is 4.79. The predicted molar refractivity (Wildman–Crippen MR) is 82.7 cm³/mol. The molecule has 2 aromatic rings. The predicted octanol–water partition coefficient (Wildman–Crippen LogP) is 2.34. The molecule has 1 aromatic carbocycles. The van der Waals surface area contributed by atoms with Crippen molar-refractivity contribution in [2.24, 2.45) is 7.05 Å². The number of nitrogens with one attached hydrogen (secondary N) is 1. The van der Waals surface area contributed by atoms with Gasteiger partial charge in [-0.2, -0.15) is 5.26 Å². The highest BCUT2D eigenvalue weighted by atomic mass is 16.3. The topological polar surface area (TPSA) is 61.0 Å². The largest absolute Gasteiger partial charge is 0.387 e. The van der Waals surface area contributed by atoms with Crippen molar-refractivity contribution in [2.75, 3.05) is 6.54 Å². The zero-order valence-corrected chi connectivity index (χ0v) is 12.7. The van der Waals surface area contributed by atoms with E-state index in [0.717, 1.165) is 16.8 Å². The molecule has 21 heavy (non-hydrogen) atoms. The SMILES string of the molecule is Cc1ccc(C(O)CNCc2cc(C#N)n(C)c2C)cc1. The summed E-state index contributed by atoms with van der Waals surface area (Å²) in [7, 11) is 1.89. The Balaban J connectivity index is 1.92. The zero-order chi connectivity index (χ0) is 15.4. The van der Waals surface area contributed by atoms with Crippen molar-refractivity contribution in [1.82, 2.24) is 9.88 Å². The Morgan fingerprint density at radius 2 is 1.95 bits per heavy atom. The molecule has 4 nitrogen and oxygen atoms in total. The Bertz CT molecular complexity index is 650. The molecule has 110 valence electrons. The minimum atomic E-state index is -0.523. The van der Waals surface area contributed by atoms with Crippen molar-refractivity contribution in [1.29, 1.82) is 5.26 Å². The number of hydrogen-bond donors (Lipinski definition) is 2. The van der Waals surface area contributed by atoms with Crippen LogP contribution in [0.3, 0.4) is 0 Å². The van der Waals surface area contributed by atoms with Crippen LogP contribution in [-0.2, 0) is 13.6 Å². The zero-order valence-electron chi connectivity index (χ0n) is 12.7. The Morgan fingerprint density at radius 3 is 2.52 bits per heavy atom. The Morgan fingerprint density at radius 1 is 1.29 bits per heavy atom. The molecule has 0 spiro atoms. The van der Waals surface area contributed by atoms with Gasteiger partial charge in [0.1, 0.15) is 11.8 Å². The van der Waals surface area contributed by atoms with Crippen molar-refractivity contribution in [3.63, 3.8) is 0 Å². The van der Waals surface area contributed by atoms with Gasteiger partial charge in [-0.15, -0.1) is 0 Å². The lowest BCUT2D eigenvalue weighted by Crippen LogP contribution is -2.21. The van der Waals surface area contributed by atoms with Crippen molar-refractivity contribution in [3.05, 3.63) is 58.4 Å². The van der Waals surface area contributed by atoms with E-state index >= 15 is 0 Å². The van der Waals surface area contributed by atoms with Gasteiger partial charge in [0, 0.05) is 25.8 Å². The third-order valence-electron chi connectivity index (χ3n) is 3.87. The Hall–Kier alpha value is -2.09. The fourth-order valence-electron chi connectivity index (χ4n) is 2.30. The van der Waals surface area contributed by atoms with Crippen LogP contribution in [0, 0.1) is 25.2 Å². The fraction of sp³-hybridized carbons (Fsp3) is 0.353. The molecule has 0 aliphatic carbocycles. The summed E-state index contributed by atoms with van der Waals surface area (Å²) < 4.78 is 1.88. The first-order valence-corrected chi connectivity index (χ1v) is 7.03. The van der Waals surface area contributed by atoms with Crippen LogP contribution in [0.25, 0.3) is 0 Å². The molecule has 0 amide bonds. The molecule has 0 saturated heterocycles. The van der Waals surface area contributed by atoms with E-state index in [1.165, 1.54) is 5.56 Å². The maximum absolute atomic E-state index is 10.1. The van der Waals surface area contributed by atoms with Gasteiger partial charge in [0.15, 0.2) is 0 Å². The molecular weight excluding hydrogens is 262 g/mol. The summed E-state index contributed by atoms with van der Waals surface area (Å²) in [5.41, 5.74) is 4.91. The number of nitriles is 1. The lowest BCUT2D eigenvalue weighted by molar-refractivity contribution is 0.174. The van der Waals surface area contributed by atoms with E-state index in [1.807, 2.05) is 55.8 Å². The number of benzene rings is 1. The molecule has 4 heteroatoms. The van der Waals surface area contributed by atoms with Crippen molar-refractivity contribution >= 4 is 0 Å². The first-order valence-electron chi connectivity index (χ1n) is 7.03. The van der Waals surface area contributed by atoms with Crippen LogP contribution < -0.4 is 5.32 Å². The molecule has 0 bridgehead atoms. The minimum absolute atomic E-state index is 0.485. The minimum Gasteiger partial charge on any atom is -0.387 e. The normalized spacial score (nSPS) is 12.1. The van der Waals surface area contributed by atoms with Gasteiger partial charge < -0.3 is 15.0 Å². The Labute approximate surface area is 125 Å². The highest BCUT2D eigenvalue weighted by Crippen LogP contribution is 2.15. The molecule has 0 aliphatic rings. The maximum atomic E-state index is 10.1. The summed E-state index contributed by atoms with van der Waals surface area (Å²) in [6, 6.07) is 12.0. The third-order valence-corrected chi connectivity index (χ3v) is 3.87. The summed E-state index contributed by atoms with van der Waals surface area (Å²) in [4.78, 5) is 0.